The quantitative estimate of drug-likeness (QED) is 0.673. The van der Waals surface area contributed by atoms with Crippen LogP contribution in [-0.4, -0.2) is 54.4 Å². The van der Waals surface area contributed by atoms with E-state index in [-0.39, 0.29) is 30.9 Å². The van der Waals surface area contributed by atoms with E-state index in [1.165, 1.54) is 12.1 Å². The van der Waals surface area contributed by atoms with Crippen LogP contribution in [0.4, 0.5) is 13.2 Å². The molecule has 1 aliphatic rings. The number of amides is 1. The normalized spacial score (nSPS) is 19.3. The lowest BCUT2D eigenvalue weighted by Gasteiger charge is -2.22. The van der Waals surface area contributed by atoms with Gasteiger partial charge in [0.05, 0.1) is 5.56 Å². The summed E-state index contributed by atoms with van der Waals surface area (Å²) in [6.07, 6.45) is -5.13. The zero-order valence-electron chi connectivity index (χ0n) is 13.5. The van der Waals surface area contributed by atoms with E-state index in [9.17, 15) is 23.1 Å². The minimum Gasteiger partial charge on any atom is -0.491 e. The van der Waals surface area contributed by atoms with Crippen LogP contribution in [0.1, 0.15) is 12.0 Å². The highest BCUT2D eigenvalue weighted by atomic mass is 32.2. The highest BCUT2D eigenvalue weighted by molar-refractivity contribution is 7.99. The Bertz CT molecular complexity index is 566. The molecule has 140 valence electrons. The van der Waals surface area contributed by atoms with Gasteiger partial charge >= 0.3 is 6.18 Å². The van der Waals surface area contributed by atoms with E-state index in [1.807, 2.05) is 0 Å². The second-order valence-electron chi connectivity index (χ2n) is 5.72. The Labute approximate surface area is 148 Å². The monoisotopic (exact) mass is 378 g/mol. The zero-order valence-corrected chi connectivity index (χ0v) is 14.3. The molecule has 1 aliphatic heterocycles. The van der Waals surface area contributed by atoms with E-state index in [1.54, 1.807) is 11.8 Å². The number of nitrogens with one attached hydrogen (secondary N) is 2. The Morgan fingerprint density at radius 1 is 1.48 bits per heavy atom. The maximum Gasteiger partial charge on any atom is 0.416 e. The van der Waals surface area contributed by atoms with Crippen molar-refractivity contribution in [1.29, 1.82) is 0 Å². The van der Waals surface area contributed by atoms with Gasteiger partial charge in [0, 0.05) is 37.1 Å². The van der Waals surface area contributed by atoms with Gasteiger partial charge in [-0.15, -0.1) is 0 Å². The summed E-state index contributed by atoms with van der Waals surface area (Å²) in [5, 5.41) is 15.7. The molecule has 0 aromatic heterocycles. The minimum atomic E-state index is -4.45. The van der Waals surface area contributed by atoms with Crippen LogP contribution in [0.25, 0.3) is 0 Å². The average Bonchev–Trinajstić information content (AvgIpc) is 2.58. The number of hydrogen-bond acceptors (Lipinski definition) is 5. The van der Waals surface area contributed by atoms with E-state index in [4.69, 9.17) is 4.74 Å². The molecule has 1 saturated heterocycles. The number of carbonyl (C=O) groups is 1. The third kappa shape index (κ3) is 7.13. The van der Waals surface area contributed by atoms with Crippen LogP contribution >= 0.6 is 11.8 Å². The van der Waals surface area contributed by atoms with Crippen molar-refractivity contribution in [3.63, 3.8) is 0 Å². The van der Waals surface area contributed by atoms with E-state index in [2.05, 4.69) is 10.6 Å². The number of halogens is 3. The summed E-state index contributed by atoms with van der Waals surface area (Å²) >= 11 is 1.79. The molecule has 25 heavy (non-hydrogen) atoms. The Morgan fingerprint density at radius 2 is 2.28 bits per heavy atom. The van der Waals surface area contributed by atoms with Gasteiger partial charge in [0.25, 0.3) is 0 Å². The Hall–Kier alpha value is -1.45. The maximum atomic E-state index is 12.6. The summed E-state index contributed by atoms with van der Waals surface area (Å²) < 4.78 is 43.0. The summed E-state index contributed by atoms with van der Waals surface area (Å²) in [5.74, 6) is 1.74. The molecular weight excluding hydrogens is 357 g/mol. The summed E-state index contributed by atoms with van der Waals surface area (Å²) in [7, 11) is 0. The lowest BCUT2D eigenvalue weighted by molar-refractivity contribution is -0.137. The predicted molar refractivity (Wildman–Crippen MR) is 89.7 cm³/mol. The summed E-state index contributed by atoms with van der Waals surface area (Å²) in [6.45, 7) is 0.646. The summed E-state index contributed by atoms with van der Waals surface area (Å²) in [5.41, 5.74) is -0.814. The Morgan fingerprint density at radius 3 is 2.96 bits per heavy atom. The minimum absolute atomic E-state index is 0.0162. The molecule has 0 aliphatic carbocycles. The molecule has 9 heteroatoms. The molecule has 0 saturated carbocycles. The number of alkyl halides is 3. The van der Waals surface area contributed by atoms with Crippen LogP contribution in [0, 0.1) is 0 Å². The number of hydrogen-bond donors (Lipinski definition) is 3. The van der Waals surface area contributed by atoms with E-state index in [0.717, 1.165) is 30.2 Å². The van der Waals surface area contributed by atoms with Crippen LogP contribution in [0.3, 0.4) is 0 Å². The second-order valence-corrected chi connectivity index (χ2v) is 6.87. The molecule has 2 rings (SSSR count). The van der Waals surface area contributed by atoms with Crippen molar-refractivity contribution >= 4 is 17.7 Å². The van der Waals surface area contributed by atoms with Gasteiger partial charge in [0.2, 0.25) is 5.91 Å². The van der Waals surface area contributed by atoms with Crippen molar-refractivity contribution in [2.75, 3.05) is 31.2 Å². The van der Waals surface area contributed by atoms with Crippen LogP contribution in [0.15, 0.2) is 24.3 Å². The maximum absolute atomic E-state index is 12.6. The van der Waals surface area contributed by atoms with Gasteiger partial charge < -0.3 is 20.5 Å². The van der Waals surface area contributed by atoms with E-state index < -0.39 is 17.8 Å². The average molecular weight is 378 g/mol. The van der Waals surface area contributed by atoms with Crippen LogP contribution in [0.2, 0.25) is 0 Å². The fourth-order valence-corrected chi connectivity index (χ4v) is 3.24. The molecular formula is C16H21F3N2O3S. The van der Waals surface area contributed by atoms with Crippen molar-refractivity contribution in [2.24, 2.45) is 0 Å². The number of carbonyl (C=O) groups excluding carboxylic acids is 1. The highest BCUT2D eigenvalue weighted by Crippen LogP contribution is 2.31. The molecule has 0 radical (unpaired) electrons. The Kier molecular flexibility index (Phi) is 7.39. The van der Waals surface area contributed by atoms with Crippen molar-refractivity contribution in [3.05, 3.63) is 29.8 Å². The number of aliphatic hydroxyl groups is 1. The van der Waals surface area contributed by atoms with Crippen molar-refractivity contribution < 1.29 is 27.8 Å². The molecule has 5 nitrogen and oxygen atoms in total. The van der Waals surface area contributed by atoms with Crippen LogP contribution in [-0.2, 0) is 11.0 Å². The van der Waals surface area contributed by atoms with E-state index in [0.29, 0.717) is 6.42 Å². The first-order valence-corrected chi connectivity index (χ1v) is 9.06. The summed E-state index contributed by atoms with van der Waals surface area (Å²) in [6, 6.07) is 4.56. The molecule has 1 amide bonds. The third-order valence-electron chi connectivity index (χ3n) is 3.57. The van der Waals surface area contributed by atoms with Crippen LogP contribution in [0.5, 0.6) is 5.75 Å². The smallest absolute Gasteiger partial charge is 0.416 e. The van der Waals surface area contributed by atoms with Crippen molar-refractivity contribution in [2.45, 2.75) is 24.7 Å². The van der Waals surface area contributed by atoms with E-state index >= 15 is 0 Å². The first-order valence-electron chi connectivity index (χ1n) is 7.90. The third-order valence-corrected chi connectivity index (χ3v) is 4.70. The topological polar surface area (TPSA) is 70.6 Å². The molecule has 0 spiro atoms. The van der Waals surface area contributed by atoms with Crippen LogP contribution < -0.4 is 15.4 Å². The molecule has 1 aromatic carbocycles. The number of aliphatic hydroxyl groups excluding tert-OH is 1. The highest BCUT2D eigenvalue weighted by Gasteiger charge is 2.30. The first-order chi connectivity index (χ1) is 11.8. The molecule has 2 atom stereocenters. The van der Waals surface area contributed by atoms with Gasteiger partial charge in [-0.05, 0) is 18.2 Å². The molecule has 1 heterocycles. The number of ether oxygens (including phenoxy) is 1. The van der Waals surface area contributed by atoms with Gasteiger partial charge in [0.15, 0.2) is 0 Å². The molecule has 2 unspecified atom stereocenters. The molecule has 0 bridgehead atoms. The van der Waals surface area contributed by atoms with Gasteiger partial charge in [-0.3, -0.25) is 4.79 Å². The number of rotatable bonds is 7. The fraction of sp³-hybridized carbons (Fsp3) is 0.562. The van der Waals surface area contributed by atoms with Gasteiger partial charge in [-0.25, -0.2) is 0 Å². The largest absolute Gasteiger partial charge is 0.491 e. The first kappa shape index (κ1) is 19.9. The molecule has 1 fully saturated rings. The zero-order chi connectivity index (χ0) is 18.3. The standard InChI is InChI=1S/C16H21F3N2O3S/c17-16(18,19)11-2-1-3-14(6-11)24-9-13(22)8-21-15(23)7-12-10-25-5-4-20-12/h1-3,6,12-13,20,22H,4-5,7-10H2,(H,21,23). The fourth-order valence-electron chi connectivity index (χ4n) is 2.29. The van der Waals surface area contributed by atoms with Gasteiger partial charge in [0.1, 0.15) is 18.5 Å². The van der Waals surface area contributed by atoms with Gasteiger partial charge in [-0.2, -0.15) is 24.9 Å². The SMILES string of the molecule is O=C(CC1CSCCN1)NCC(O)COc1cccc(C(F)(F)F)c1. The molecule has 3 N–H and O–H groups in total. The lowest BCUT2D eigenvalue weighted by atomic mass is 10.2. The van der Waals surface area contributed by atoms with Gasteiger partial charge in [-0.1, -0.05) is 6.07 Å². The number of thioether (sulfide) groups is 1. The second kappa shape index (κ2) is 9.30. The predicted octanol–water partition coefficient (Wildman–Crippen LogP) is 1.66. The van der Waals surface area contributed by atoms with Crippen molar-refractivity contribution in [3.8, 4) is 5.75 Å². The summed E-state index contributed by atoms with van der Waals surface area (Å²) in [4.78, 5) is 11.8. The molecule has 1 aromatic rings. The Balaban J connectivity index is 1.70. The number of benzene rings is 1. The van der Waals surface area contributed by atoms with Crippen molar-refractivity contribution in [1.82, 2.24) is 10.6 Å². The lowest BCUT2D eigenvalue weighted by Crippen LogP contribution is -2.43.